The zero-order valence-electron chi connectivity index (χ0n) is 63.7. The molecule has 97 heavy (non-hydrogen) atoms. The van der Waals surface area contributed by atoms with Gasteiger partial charge in [-0.1, -0.05) is 344 Å². The van der Waals surface area contributed by atoms with Crippen LogP contribution in [0.2, 0.25) is 0 Å². The molecule has 0 spiro atoms. The van der Waals surface area contributed by atoms with Crippen LogP contribution in [-0.4, -0.2) is 96.7 Å². The lowest BCUT2D eigenvalue weighted by molar-refractivity contribution is -0.161. The van der Waals surface area contributed by atoms with Gasteiger partial charge in [-0.25, -0.2) is 9.13 Å². The molecule has 5 unspecified atom stereocenters. The lowest BCUT2D eigenvalue weighted by Crippen LogP contribution is -2.30. The SMILES string of the molecule is CCC(C)CCCCCCCCCCCCCCCCCCCCC(=O)OC[C@H](COP(=O)(O)OC[C@@H](O)COP(=O)(O)OC[C@@H](COC(=O)CCCCCCCCC(C)CC)OC(=O)CCCCCCCCC(C)CC)OC(=O)CCCCCCCCCCCCCCC(C)C. The normalized spacial score (nSPS) is 14.9. The molecular formula is C78H152O17P2. The number of esters is 4. The van der Waals surface area contributed by atoms with Gasteiger partial charge in [0, 0.05) is 25.7 Å². The molecule has 19 heteroatoms. The Morgan fingerprint density at radius 2 is 0.495 bits per heavy atom. The fraction of sp³-hybridized carbons (Fsp3) is 0.949. The highest BCUT2D eigenvalue weighted by Crippen LogP contribution is 2.45. The number of aliphatic hydroxyl groups excluding tert-OH is 1. The minimum Gasteiger partial charge on any atom is -0.462 e. The average molecular weight is 1420 g/mol. The summed E-state index contributed by atoms with van der Waals surface area (Å²) in [6.07, 6.45) is 52.9. The Bertz CT molecular complexity index is 1910. The van der Waals surface area contributed by atoms with E-state index < -0.39 is 97.5 Å². The number of aliphatic hydroxyl groups is 1. The van der Waals surface area contributed by atoms with E-state index in [2.05, 4.69) is 55.4 Å². The maximum Gasteiger partial charge on any atom is 0.472 e. The Labute approximate surface area is 594 Å². The molecule has 0 amide bonds. The first kappa shape index (κ1) is 95.1. The number of hydrogen-bond acceptors (Lipinski definition) is 15. The molecule has 0 saturated carbocycles. The molecule has 17 nitrogen and oxygen atoms in total. The van der Waals surface area contributed by atoms with E-state index in [4.69, 9.17) is 37.0 Å². The minimum atomic E-state index is -4.96. The molecule has 0 aliphatic heterocycles. The Hall–Kier alpha value is -1.94. The number of hydrogen-bond donors (Lipinski definition) is 3. The van der Waals surface area contributed by atoms with Gasteiger partial charge in [-0.2, -0.15) is 0 Å². The van der Waals surface area contributed by atoms with Crippen molar-refractivity contribution in [2.45, 2.75) is 414 Å². The Kier molecular flexibility index (Phi) is 65.9. The van der Waals surface area contributed by atoms with Crippen molar-refractivity contribution >= 4 is 39.5 Å². The van der Waals surface area contributed by atoms with Crippen LogP contribution < -0.4 is 0 Å². The summed E-state index contributed by atoms with van der Waals surface area (Å²) in [7, 11) is -9.91. The van der Waals surface area contributed by atoms with Gasteiger partial charge in [0.05, 0.1) is 26.4 Å². The lowest BCUT2D eigenvalue weighted by atomic mass is 9.99. The van der Waals surface area contributed by atoms with E-state index in [-0.39, 0.29) is 25.7 Å². The zero-order valence-corrected chi connectivity index (χ0v) is 65.5. The van der Waals surface area contributed by atoms with Crippen LogP contribution in [0.4, 0.5) is 0 Å². The summed E-state index contributed by atoms with van der Waals surface area (Å²) in [4.78, 5) is 72.8. The van der Waals surface area contributed by atoms with Gasteiger partial charge < -0.3 is 33.8 Å². The minimum absolute atomic E-state index is 0.102. The standard InChI is InChI=1S/C78H152O17P2/c1-9-69(6)55-47-39-31-27-23-18-16-14-12-13-15-17-19-24-28-32-42-50-58-75(80)88-64-73(94-77(82)60-52-44-33-29-25-21-20-22-26-30-38-46-54-68(4)5)66-92-96(84,85)90-62-72(79)63-91-97(86,87)93-67-74(95-78(83)61-53-45-37-35-41-49-57-71(8)11-3)65-89-76(81)59-51-43-36-34-40-48-56-70(7)10-2/h68-74,79H,9-67H2,1-8H3,(H,84,85)(H,86,87)/t69?,70?,71?,72-,73-,74-/m1/s1. The van der Waals surface area contributed by atoms with Crippen LogP contribution >= 0.6 is 15.6 Å². The molecular weight excluding hydrogens is 1270 g/mol. The first-order valence-electron chi connectivity index (χ1n) is 40.3. The zero-order chi connectivity index (χ0) is 71.7. The second kappa shape index (κ2) is 67.2. The average Bonchev–Trinajstić information content (AvgIpc) is 1.33. The van der Waals surface area contributed by atoms with Gasteiger partial charge in [-0.05, 0) is 49.4 Å². The van der Waals surface area contributed by atoms with Crippen molar-refractivity contribution in [3.63, 3.8) is 0 Å². The predicted octanol–water partition coefficient (Wildman–Crippen LogP) is 22.8. The Morgan fingerprint density at radius 3 is 0.732 bits per heavy atom. The number of carbonyl (C=O) groups excluding carboxylic acids is 4. The monoisotopic (exact) mass is 1420 g/mol. The molecule has 0 bridgehead atoms. The molecule has 576 valence electrons. The smallest absolute Gasteiger partial charge is 0.462 e. The number of rotatable bonds is 75. The van der Waals surface area contributed by atoms with Crippen molar-refractivity contribution < 1.29 is 80.2 Å². The molecule has 0 heterocycles. The summed E-state index contributed by atoms with van der Waals surface area (Å²) >= 11 is 0. The van der Waals surface area contributed by atoms with E-state index in [1.54, 1.807) is 0 Å². The topological polar surface area (TPSA) is 237 Å². The molecule has 0 aromatic heterocycles. The fourth-order valence-corrected chi connectivity index (χ4v) is 13.4. The Balaban J connectivity index is 5.18. The lowest BCUT2D eigenvalue weighted by Gasteiger charge is -2.21. The maximum atomic E-state index is 13.1. The van der Waals surface area contributed by atoms with Crippen molar-refractivity contribution in [3.8, 4) is 0 Å². The molecule has 8 atom stereocenters. The van der Waals surface area contributed by atoms with Crippen molar-refractivity contribution in [2.75, 3.05) is 39.6 Å². The van der Waals surface area contributed by atoms with Gasteiger partial charge in [-0.15, -0.1) is 0 Å². The molecule has 0 aromatic carbocycles. The summed E-state index contributed by atoms with van der Waals surface area (Å²) < 4.78 is 68.5. The van der Waals surface area contributed by atoms with Gasteiger partial charge in [0.25, 0.3) is 0 Å². The van der Waals surface area contributed by atoms with Crippen molar-refractivity contribution in [1.29, 1.82) is 0 Å². The number of unbranched alkanes of at least 4 members (excludes halogenated alkanes) is 38. The second-order valence-electron chi connectivity index (χ2n) is 29.3. The summed E-state index contributed by atoms with van der Waals surface area (Å²) in [5.74, 6) is 0.978. The molecule has 0 fully saturated rings. The Morgan fingerprint density at radius 1 is 0.289 bits per heavy atom. The van der Waals surface area contributed by atoms with E-state index in [1.807, 2.05) is 0 Å². The van der Waals surface area contributed by atoms with E-state index in [9.17, 15) is 43.2 Å². The number of phosphoric acid groups is 2. The third-order valence-corrected chi connectivity index (χ3v) is 21.1. The van der Waals surface area contributed by atoms with Crippen LogP contribution in [0.15, 0.2) is 0 Å². The van der Waals surface area contributed by atoms with E-state index in [0.29, 0.717) is 25.7 Å². The van der Waals surface area contributed by atoms with E-state index in [1.165, 1.54) is 193 Å². The van der Waals surface area contributed by atoms with E-state index in [0.717, 1.165) is 120 Å². The maximum absolute atomic E-state index is 13.1. The fourth-order valence-electron chi connectivity index (χ4n) is 11.8. The first-order chi connectivity index (χ1) is 46.7. The molecule has 0 aliphatic rings. The largest absolute Gasteiger partial charge is 0.472 e. The van der Waals surface area contributed by atoms with Crippen molar-refractivity contribution in [3.05, 3.63) is 0 Å². The summed E-state index contributed by atoms with van der Waals surface area (Å²) in [5, 5.41) is 10.6. The highest BCUT2D eigenvalue weighted by atomic mass is 31.2. The quantitative estimate of drug-likeness (QED) is 0.0222. The van der Waals surface area contributed by atoms with Gasteiger partial charge >= 0.3 is 39.5 Å². The van der Waals surface area contributed by atoms with E-state index >= 15 is 0 Å². The predicted molar refractivity (Wildman–Crippen MR) is 395 cm³/mol. The molecule has 0 aromatic rings. The van der Waals surface area contributed by atoms with Crippen molar-refractivity contribution in [2.24, 2.45) is 23.7 Å². The first-order valence-corrected chi connectivity index (χ1v) is 43.3. The number of carbonyl (C=O) groups is 4. The van der Waals surface area contributed by atoms with Gasteiger partial charge in [0.2, 0.25) is 0 Å². The molecule has 0 aliphatic carbocycles. The van der Waals surface area contributed by atoms with Crippen molar-refractivity contribution in [1.82, 2.24) is 0 Å². The van der Waals surface area contributed by atoms with Gasteiger partial charge in [-0.3, -0.25) is 37.3 Å². The number of ether oxygens (including phenoxy) is 4. The third kappa shape index (κ3) is 68.3. The van der Waals surface area contributed by atoms with Crippen LogP contribution in [0.5, 0.6) is 0 Å². The summed E-state index contributed by atoms with van der Waals surface area (Å²) in [5.41, 5.74) is 0. The van der Waals surface area contributed by atoms with Crippen LogP contribution in [-0.2, 0) is 65.4 Å². The molecule has 0 saturated heterocycles. The molecule has 3 N–H and O–H groups in total. The van der Waals surface area contributed by atoms with Crippen LogP contribution in [0, 0.1) is 23.7 Å². The van der Waals surface area contributed by atoms with Gasteiger partial charge in [0.15, 0.2) is 12.2 Å². The third-order valence-electron chi connectivity index (χ3n) is 19.2. The van der Waals surface area contributed by atoms with Crippen LogP contribution in [0.3, 0.4) is 0 Å². The highest BCUT2D eigenvalue weighted by Gasteiger charge is 2.30. The highest BCUT2D eigenvalue weighted by molar-refractivity contribution is 7.47. The summed E-state index contributed by atoms with van der Waals surface area (Å²) in [6, 6.07) is 0. The van der Waals surface area contributed by atoms with Crippen LogP contribution in [0.25, 0.3) is 0 Å². The van der Waals surface area contributed by atoms with Crippen LogP contribution in [0.1, 0.15) is 396 Å². The summed E-state index contributed by atoms with van der Waals surface area (Å²) in [6.45, 7) is 14.2. The molecule has 0 rings (SSSR count). The molecule has 0 radical (unpaired) electrons. The van der Waals surface area contributed by atoms with Gasteiger partial charge in [0.1, 0.15) is 19.3 Å². The second-order valence-corrected chi connectivity index (χ2v) is 32.2. The number of phosphoric ester groups is 2.